The van der Waals surface area contributed by atoms with Crippen molar-refractivity contribution < 1.29 is 4.79 Å². The fourth-order valence-corrected chi connectivity index (χ4v) is 3.88. The lowest BCUT2D eigenvalue weighted by Gasteiger charge is -2.26. The Morgan fingerprint density at radius 2 is 1.96 bits per heavy atom. The summed E-state index contributed by atoms with van der Waals surface area (Å²) in [5, 5.41) is 13.1. The van der Waals surface area contributed by atoms with Crippen molar-refractivity contribution in [2.75, 3.05) is 19.6 Å². The summed E-state index contributed by atoms with van der Waals surface area (Å²) in [4.78, 5) is 17.2. The Morgan fingerprint density at radius 3 is 2.73 bits per heavy atom. The number of rotatable bonds is 4. The molecule has 0 unspecified atom stereocenters. The number of amides is 1. The molecule has 0 aliphatic carbocycles. The Morgan fingerprint density at radius 1 is 1.12 bits per heavy atom. The van der Waals surface area contributed by atoms with Crippen molar-refractivity contribution in [1.82, 2.24) is 34.6 Å². The fourth-order valence-electron chi connectivity index (χ4n) is 3.88. The molecule has 0 atom stereocenters. The normalized spacial score (nSPS) is 18.6. The first-order valence-electron chi connectivity index (χ1n) is 9.59. The Bertz CT molecular complexity index is 759. The zero-order valence-corrected chi connectivity index (χ0v) is 15.5. The first kappa shape index (κ1) is 17.2. The van der Waals surface area contributed by atoms with Gasteiger partial charge in [-0.3, -0.25) is 14.4 Å². The van der Waals surface area contributed by atoms with E-state index in [-0.39, 0.29) is 5.91 Å². The minimum atomic E-state index is 0.127. The van der Waals surface area contributed by atoms with Crippen molar-refractivity contribution in [2.45, 2.75) is 51.7 Å². The van der Waals surface area contributed by atoms with E-state index in [4.69, 9.17) is 0 Å². The zero-order valence-electron chi connectivity index (χ0n) is 15.5. The zero-order chi connectivity index (χ0) is 17.9. The lowest BCUT2D eigenvalue weighted by molar-refractivity contribution is -0.131. The van der Waals surface area contributed by atoms with Gasteiger partial charge in [-0.1, -0.05) is 11.6 Å². The SMILES string of the molecule is Cn1ccc(CC(=O)N2CCCn3nnc(CN4CCCCC4)c3C2)n1. The monoisotopic (exact) mass is 357 g/mol. The maximum absolute atomic E-state index is 12.8. The van der Waals surface area contributed by atoms with E-state index in [0.717, 1.165) is 56.2 Å². The van der Waals surface area contributed by atoms with Crippen LogP contribution in [0.15, 0.2) is 12.3 Å². The Balaban J connectivity index is 1.46. The molecule has 1 amide bonds. The minimum Gasteiger partial charge on any atom is -0.336 e. The third-order valence-corrected chi connectivity index (χ3v) is 5.33. The van der Waals surface area contributed by atoms with Gasteiger partial charge in [-0.25, -0.2) is 4.68 Å². The summed E-state index contributed by atoms with van der Waals surface area (Å²) >= 11 is 0. The van der Waals surface area contributed by atoms with Gasteiger partial charge in [0, 0.05) is 32.9 Å². The second-order valence-corrected chi connectivity index (χ2v) is 7.37. The largest absolute Gasteiger partial charge is 0.336 e. The van der Waals surface area contributed by atoms with E-state index in [1.165, 1.54) is 19.3 Å². The Hall–Kier alpha value is -2.22. The van der Waals surface area contributed by atoms with E-state index >= 15 is 0 Å². The number of carbonyl (C=O) groups excluding carboxylic acids is 1. The van der Waals surface area contributed by atoms with Gasteiger partial charge >= 0.3 is 0 Å². The van der Waals surface area contributed by atoms with Gasteiger partial charge < -0.3 is 4.90 Å². The van der Waals surface area contributed by atoms with E-state index < -0.39 is 0 Å². The van der Waals surface area contributed by atoms with Crippen LogP contribution in [0.25, 0.3) is 0 Å². The molecule has 2 aromatic rings. The lowest BCUT2D eigenvalue weighted by Crippen LogP contribution is -2.33. The number of carbonyl (C=O) groups is 1. The molecule has 0 spiro atoms. The van der Waals surface area contributed by atoms with Crippen LogP contribution >= 0.6 is 0 Å². The van der Waals surface area contributed by atoms with Crippen molar-refractivity contribution in [3.05, 3.63) is 29.3 Å². The predicted octanol–water partition coefficient (Wildman–Crippen LogP) is 0.972. The second-order valence-electron chi connectivity index (χ2n) is 7.37. The molecule has 8 heteroatoms. The highest BCUT2D eigenvalue weighted by Crippen LogP contribution is 2.19. The van der Waals surface area contributed by atoms with Crippen LogP contribution in [0, 0.1) is 0 Å². The number of aromatic nitrogens is 5. The highest BCUT2D eigenvalue weighted by Gasteiger charge is 2.25. The van der Waals surface area contributed by atoms with Crippen LogP contribution < -0.4 is 0 Å². The number of likely N-dealkylation sites (tertiary alicyclic amines) is 1. The quantitative estimate of drug-likeness (QED) is 0.815. The molecule has 8 nitrogen and oxygen atoms in total. The lowest BCUT2D eigenvalue weighted by atomic mass is 10.1. The maximum Gasteiger partial charge on any atom is 0.229 e. The van der Waals surface area contributed by atoms with Gasteiger partial charge in [0.15, 0.2) is 0 Å². The van der Waals surface area contributed by atoms with Crippen molar-refractivity contribution in [1.29, 1.82) is 0 Å². The molecule has 2 aromatic heterocycles. The molecule has 0 saturated carbocycles. The number of fused-ring (bicyclic) bond motifs is 1. The number of aryl methyl sites for hydroxylation is 2. The summed E-state index contributed by atoms with van der Waals surface area (Å²) in [6, 6.07) is 1.91. The molecule has 0 aromatic carbocycles. The van der Waals surface area contributed by atoms with Crippen LogP contribution in [0.5, 0.6) is 0 Å². The average Bonchev–Trinajstić information content (AvgIpc) is 3.14. The number of piperidine rings is 1. The predicted molar refractivity (Wildman–Crippen MR) is 96.1 cm³/mol. The van der Waals surface area contributed by atoms with E-state index in [1.54, 1.807) is 4.68 Å². The first-order valence-corrected chi connectivity index (χ1v) is 9.59. The molecule has 1 saturated heterocycles. The summed E-state index contributed by atoms with van der Waals surface area (Å²) in [5.74, 6) is 0.127. The number of nitrogens with zero attached hydrogens (tertiary/aromatic N) is 7. The smallest absolute Gasteiger partial charge is 0.229 e. The molecule has 0 radical (unpaired) electrons. The summed E-state index contributed by atoms with van der Waals surface area (Å²) in [6.45, 7) is 5.30. The van der Waals surface area contributed by atoms with Crippen LogP contribution in [-0.2, 0) is 37.9 Å². The molecule has 2 aliphatic heterocycles. The highest BCUT2D eigenvalue weighted by atomic mass is 16.2. The Kier molecular flexibility index (Phi) is 5.01. The van der Waals surface area contributed by atoms with E-state index in [2.05, 4.69) is 20.3 Å². The summed E-state index contributed by atoms with van der Waals surface area (Å²) in [7, 11) is 1.87. The summed E-state index contributed by atoms with van der Waals surface area (Å²) in [6.07, 6.45) is 6.99. The number of hydrogen-bond acceptors (Lipinski definition) is 5. The molecular formula is C18H27N7O. The van der Waals surface area contributed by atoms with E-state index in [1.807, 2.05) is 28.9 Å². The average molecular weight is 357 g/mol. The van der Waals surface area contributed by atoms with Crippen LogP contribution in [0.1, 0.15) is 42.8 Å². The molecule has 1 fully saturated rings. The molecule has 0 N–H and O–H groups in total. The maximum atomic E-state index is 12.8. The van der Waals surface area contributed by atoms with Gasteiger partial charge in [-0.15, -0.1) is 5.10 Å². The van der Waals surface area contributed by atoms with Crippen LogP contribution in [0.3, 0.4) is 0 Å². The van der Waals surface area contributed by atoms with Gasteiger partial charge in [0.1, 0.15) is 5.69 Å². The minimum absolute atomic E-state index is 0.127. The molecule has 4 heterocycles. The van der Waals surface area contributed by atoms with Crippen molar-refractivity contribution in [2.24, 2.45) is 7.05 Å². The number of hydrogen-bond donors (Lipinski definition) is 0. The van der Waals surface area contributed by atoms with Gasteiger partial charge in [-0.05, 0) is 38.4 Å². The molecule has 2 aliphatic rings. The van der Waals surface area contributed by atoms with Gasteiger partial charge in [0.25, 0.3) is 0 Å². The standard InChI is InChI=1S/C18H27N7O/c1-22-11-6-15(20-22)12-18(26)24-9-5-10-25-17(14-24)16(19-21-25)13-23-7-3-2-4-8-23/h6,11H,2-5,7-10,12-14H2,1H3. The van der Waals surface area contributed by atoms with Gasteiger partial charge in [-0.2, -0.15) is 5.10 Å². The van der Waals surface area contributed by atoms with Crippen LogP contribution in [0.4, 0.5) is 0 Å². The summed E-state index contributed by atoms with van der Waals surface area (Å²) in [5.41, 5.74) is 2.95. The third kappa shape index (κ3) is 3.80. The molecule has 4 rings (SSSR count). The third-order valence-electron chi connectivity index (χ3n) is 5.33. The van der Waals surface area contributed by atoms with Crippen molar-refractivity contribution in [3.8, 4) is 0 Å². The van der Waals surface area contributed by atoms with Gasteiger partial charge in [0.2, 0.25) is 5.91 Å². The molecular weight excluding hydrogens is 330 g/mol. The van der Waals surface area contributed by atoms with Crippen molar-refractivity contribution >= 4 is 5.91 Å². The Labute approximate surface area is 153 Å². The molecule has 26 heavy (non-hydrogen) atoms. The van der Waals surface area contributed by atoms with Crippen LogP contribution in [0.2, 0.25) is 0 Å². The molecule has 0 bridgehead atoms. The van der Waals surface area contributed by atoms with Crippen LogP contribution in [-0.4, -0.2) is 60.1 Å². The second kappa shape index (κ2) is 7.57. The summed E-state index contributed by atoms with van der Waals surface area (Å²) < 4.78 is 3.73. The van der Waals surface area contributed by atoms with Gasteiger partial charge in [0.05, 0.1) is 24.4 Å². The molecule has 140 valence electrons. The fraction of sp³-hybridized carbons (Fsp3) is 0.667. The topological polar surface area (TPSA) is 72.1 Å². The van der Waals surface area contributed by atoms with E-state index in [0.29, 0.717) is 13.0 Å². The van der Waals surface area contributed by atoms with E-state index in [9.17, 15) is 4.79 Å². The first-order chi connectivity index (χ1) is 12.7. The highest BCUT2D eigenvalue weighted by molar-refractivity contribution is 5.78. The van der Waals surface area contributed by atoms with Crippen molar-refractivity contribution in [3.63, 3.8) is 0 Å².